The lowest BCUT2D eigenvalue weighted by Gasteiger charge is -2.07. The van der Waals surface area contributed by atoms with E-state index in [1.807, 2.05) is 0 Å². The van der Waals surface area contributed by atoms with Crippen LogP contribution in [0.1, 0.15) is 44.3 Å². The zero-order valence-electron chi connectivity index (χ0n) is 17.7. The number of aromatic nitrogens is 6. The molecule has 1 aliphatic carbocycles. The lowest BCUT2D eigenvalue weighted by molar-refractivity contribution is 0.127. The van der Waals surface area contributed by atoms with Gasteiger partial charge >= 0.3 is 0 Å². The predicted molar refractivity (Wildman–Crippen MR) is 117 cm³/mol. The molecule has 0 bridgehead atoms. The molecule has 0 radical (unpaired) electrons. The van der Waals surface area contributed by atoms with Crippen LogP contribution in [0.25, 0.3) is 27.9 Å². The molecule has 0 unspecified atom stereocenters. The summed E-state index contributed by atoms with van der Waals surface area (Å²) in [4.78, 5) is 12.4. The Labute approximate surface area is 182 Å². The van der Waals surface area contributed by atoms with Crippen molar-refractivity contribution in [2.45, 2.75) is 58.4 Å². The topological polar surface area (TPSA) is 113 Å². The SMILES string of the molecule is C1CCCCC1.Cc1nc2ccc(-c3c(F)cn4nc(N)nc(N)c34)nc2n1CC(F)F. The summed E-state index contributed by atoms with van der Waals surface area (Å²) in [7, 11) is 0. The average Bonchev–Trinajstić information content (AvgIpc) is 3.25. The molecule has 0 atom stereocenters. The zero-order valence-corrected chi connectivity index (χ0v) is 17.7. The maximum atomic E-state index is 14.6. The number of hydrogen-bond donors (Lipinski definition) is 2. The fourth-order valence-electron chi connectivity index (χ4n) is 4.01. The van der Waals surface area contributed by atoms with Gasteiger partial charge in [-0.1, -0.05) is 38.5 Å². The van der Waals surface area contributed by atoms with Crippen LogP contribution in [0, 0.1) is 12.7 Å². The molecule has 32 heavy (non-hydrogen) atoms. The number of fused-ring (bicyclic) bond motifs is 2. The molecular formula is C21H25F3N8. The van der Waals surface area contributed by atoms with E-state index in [-0.39, 0.29) is 34.2 Å². The lowest BCUT2D eigenvalue weighted by atomic mass is 10.0. The number of pyridine rings is 1. The highest BCUT2D eigenvalue weighted by molar-refractivity contribution is 5.88. The largest absolute Gasteiger partial charge is 0.382 e. The molecule has 0 aromatic carbocycles. The summed E-state index contributed by atoms with van der Waals surface area (Å²) in [6.07, 6.45) is 7.53. The highest BCUT2D eigenvalue weighted by Crippen LogP contribution is 2.31. The molecule has 11 heteroatoms. The minimum absolute atomic E-state index is 0.0180. The second kappa shape index (κ2) is 9.01. The van der Waals surface area contributed by atoms with Crippen LogP contribution in [0.3, 0.4) is 0 Å². The lowest BCUT2D eigenvalue weighted by Crippen LogP contribution is -2.09. The van der Waals surface area contributed by atoms with E-state index in [1.165, 1.54) is 53.7 Å². The number of imidazole rings is 1. The third-order valence-corrected chi connectivity index (χ3v) is 5.49. The van der Waals surface area contributed by atoms with E-state index >= 15 is 0 Å². The number of anilines is 2. The van der Waals surface area contributed by atoms with Gasteiger partial charge < -0.3 is 16.0 Å². The van der Waals surface area contributed by atoms with Crippen molar-refractivity contribution in [3.05, 3.63) is 30.0 Å². The quantitative estimate of drug-likeness (QED) is 0.484. The fraction of sp³-hybridized carbons (Fsp3) is 0.429. The van der Waals surface area contributed by atoms with E-state index in [9.17, 15) is 13.2 Å². The number of hydrogen-bond acceptors (Lipinski definition) is 6. The van der Waals surface area contributed by atoms with E-state index in [1.54, 1.807) is 13.0 Å². The zero-order chi connectivity index (χ0) is 22.8. The van der Waals surface area contributed by atoms with Gasteiger partial charge in [0.1, 0.15) is 16.9 Å². The van der Waals surface area contributed by atoms with E-state index in [4.69, 9.17) is 11.5 Å². The molecule has 0 saturated heterocycles. The summed E-state index contributed by atoms with van der Waals surface area (Å²) in [5.41, 5.74) is 12.5. The minimum atomic E-state index is -2.57. The van der Waals surface area contributed by atoms with Crippen molar-refractivity contribution >= 4 is 28.4 Å². The molecule has 1 fully saturated rings. The van der Waals surface area contributed by atoms with Gasteiger partial charge in [0, 0.05) is 0 Å². The highest BCUT2D eigenvalue weighted by Gasteiger charge is 2.21. The van der Waals surface area contributed by atoms with Gasteiger partial charge in [-0.3, -0.25) is 0 Å². The third kappa shape index (κ3) is 4.32. The number of rotatable bonds is 3. The second-order valence-electron chi connectivity index (χ2n) is 7.82. The summed E-state index contributed by atoms with van der Waals surface area (Å²) in [6, 6.07) is 3.12. The molecule has 0 amide bonds. The van der Waals surface area contributed by atoms with Crippen LogP contribution in [0.2, 0.25) is 0 Å². The minimum Gasteiger partial charge on any atom is -0.382 e. The number of alkyl halides is 2. The molecule has 8 nitrogen and oxygen atoms in total. The van der Waals surface area contributed by atoms with Gasteiger partial charge in [0.25, 0.3) is 6.43 Å². The first kappa shape index (κ1) is 21.8. The Balaban J connectivity index is 0.000000354. The van der Waals surface area contributed by atoms with Gasteiger partial charge in [-0.15, -0.1) is 5.10 Å². The van der Waals surface area contributed by atoms with Crippen molar-refractivity contribution in [1.29, 1.82) is 0 Å². The van der Waals surface area contributed by atoms with Gasteiger partial charge in [0.2, 0.25) is 5.95 Å². The molecule has 1 aliphatic rings. The van der Waals surface area contributed by atoms with Crippen LogP contribution < -0.4 is 11.5 Å². The van der Waals surface area contributed by atoms with Gasteiger partial charge in [-0.05, 0) is 19.1 Å². The molecule has 4 N–H and O–H groups in total. The molecule has 170 valence electrons. The first-order valence-corrected chi connectivity index (χ1v) is 10.6. The third-order valence-electron chi connectivity index (χ3n) is 5.49. The van der Waals surface area contributed by atoms with Crippen LogP contribution in [-0.2, 0) is 6.54 Å². The number of nitrogens with two attached hydrogens (primary N) is 2. The van der Waals surface area contributed by atoms with Gasteiger partial charge in [-0.2, -0.15) is 4.98 Å². The molecule has 4 aromatic heterocycles. The number of aryl methyl sites for hydroxylation is 1. The average molecular weight is 446 g/mol. The van der Waals surface area contributed by atoms with Crippen molar-refractivity contribution in [3.63, 3.8) is 0 Å². The van der Waals surface area contributed by atoms with Gasteiger partial charge in [-0.25, -0.2) is 27.7 Å². The van der Waals surface area contributed by atoms with Gasteiger partial charge in [0.05, 0.1) is 24.0 Å². The Morgan fingerprint density at radius 1 is 1.00 bits per heavy atom. The highest BCUT2D eigenvalue weighted by atomic mass is 19.3. The van der Waals surface area contributed by atoms with Crippen LogP contribution in [-0.4, -0.2) is 35.6 Å². The van der Waals surface area contributed by atoms with E-state index < -0.39 is 18.8 Å². The predicted octanol–water partition coefficient (Wildman–Crippen LogP) is 4.36. The Hall–Kier alpha value is -3.37. The Morgan fingerprint density at radius 3 is 2.28 bits per heavy atom. The van der Waals surface area contributed by atoms with E-state index in [2.05, 4.69) is 20.1 Å². The maximum Gasteiger partial charge on any atom is 0.256 e. The van der Waals surface area contributed by atoms with Crippen LogP contribution in [0.15, 0.2) is 18.3 Å². The van der Waals surface area contributed by atoms with Crippen LogP contribution in [0.5, 0.6) is 0 Å². The Bertz CT molecular complexity index is 1230. The van der Waals surface area contributed by atoms with Crippen LogP contribution in [0.4, 0.5) is 24.9 Å². The van der Waals surface area contributed by atoms with Crippen molar-refractivity contribution < 1.29 is 13.2 Å². The molecule has 0 aliphatic heterocycles. The molecule has 4 heterocycles. The maximum absolute atomic E-state index is 14.6. The van der Waals surface area contributed by atoms with E-state index in [0.717, 1.165) is 6.20 Å². The van der Waals surface area contributed by atoms with Crippen LogP contribution >= 0.6 is 0 Å². The number of nitrogen functional groups attached to an aromatic ring is 2. The van der Waals surface area contributed by atoms with E-state index in [0.29, 0.717) is 11.3 Å². The van der Waals surface area contributed by atoms with Crippen molar-refractivity contribution in [2.75, 3.05) is 11.5 Å². The summed E-state index contributed by atoms with van der Waals surface area (Å²) in [6.45, 7) is 1.05. The molecule has 1 saturated carbocycles. The first-order chi connectivity index (χ1) is 15.3. The fourth-order valence-corrected chi connectivity index (χ4v) is 4.01. The van der Waals surface area contributed by atoms with Crippen molar-refractivity contribution in [2.24, 2.45) is 0 Å². The summed E-state index contributed by atoms with van der Waals surface area (Å²) < 4.78 is 42.7. The molecular weight excluding hydrogens is 421 g/mol. The Morgan fingerprint density at radius 2 is 1.66 bits per heavy atom. The molecule has 4 aromatic rings. The normalized spacial score (nSPS) is 14.2. The number of nitrogens with zero attached hydrogens (tertiary/aromatic N) is 6. The van der Waals surface area contributed by atoms with Crippen molar-refractivity contribution in [3.8, 4) is 11.3 Å². The van der Waals surface area contributed by atoms with Gasteiger partial charge in [0.15, 0.2) is 17.3 Å². The first-order valence-electron chi connectivity index (χ1n) is 10.6. The smallest absolute Gasteiger partial charge is 0.256 e. The summed E-state index contributed by atoms with van der Waals surface area (Å²) in [5.74, 6) is -0.371. The second-order valence-corrected chi connectivity index (χ2v) is 7.82. The molecule has 0 spiro atoms. The molecule has 5 rings (SSSR count). The standard InChI is InChI=1S/C15H13F3N8.C6H12/c1-6-21-9-3-2-8(22-14(9)25(6)5-10(17)18)11-7(16)4-26-12(11)13(19)23-15(20)24-26;1-2-4-6-5-3-1/h2-4,10H,5H2,1H3,(H4,19,20,23,24);1-6H2. The number of halogens is 3. The Kier molecular flexibility index (Phi) is 6.15. The van der Waals surface area contributed by atoms with Crippen molar-refractivity contribution in [1.82, 2.24) is 29.1 Å². The monoisotopic (exact) mass is 446 g/mol. The summed E-state index contributed by atoms with van der Waals surface area (Å²) in [5, 5.41) is 3.89. The summed E-state index contributed by atoms with van der Waals surface area (Å²) >= 11 is 0.